The van der Waals surface area contributed by atoms with E-state index in [9.17, 15) is 4.79 Å². The molecule has 3 nitrogen and oxygen atoms in total. The molecule has 0 bridgehead atoms. The lowest BCUT2D eigenvalue weighted by atomic mass is 10.1. The first-order valence-corrected chi connectivity index (χ1v) is 7.19. The van der Waals surface area contributed by atoms with Gasteiger partial charge in [0.1, 0.15) is 0 Å². The van der Waals surface area contributed by atoms with E-state index in [4.69, 9.17) is 5.73 Å². The molecule has 4 heteroatoms. The molecule has 1 aromatic carbocycles. The van der Waals surface area contributed by atoms with Gasteiger partial charge in [-0.3, -0.25) is 4.79 Å². The molecular formula is C15H16N2OS. The number of nitrogens with two attached hydrogens (primary N) is 1. The highest BCUT2D eigenvalue weighted by molar-refractivity contribution is 7.20. The molecule has 2 heterocycles. The third-order valence-electron chi connectivity index (χ3n) is 3.37. The predicted octanol–water partition coefficient (Wildman–Crippen LogP) is 3.28. The molecule has 1 aliphatic heterocycles. The number of fused-ring (bicyclic) bond motifs is 1. The lowest BCUT2D eigenvalue weighted by Gasteiger charge is -2.25. The second kappa shape index (κ2) is 4.70. The van der Waals surface area contributed by atoms with Crippen molar-refractivity contribution in [1.29, 1.82) is 0 Å². The maximum Gasteiger partial charge on any atom is 0.264 e. The molecule has 0 unspecified atom stereocenters. The first kappa shape index (κ1) is 12.2. The summed E-state index contributed by atoms with van der Waals surface area (Å²) >= 11 is 1.54. The quantitative estimate of drug-likeness (QED) is 0.639. The number of rotatable bonds is 1. The molecule has 2 aromatic rings. The van der Waals surface area contributed by atoms with Gasteiger partial charge in [0.2, 0.25) is 0 Å². The molecule has 0 aliphatic carbocycles. The van der Waals surface area contributed by atoms with Gasteiger partial charge in [0.25, 0.3) is 5.91 Å². The molecule has 3 rings (SSSR count). The van der Waals surface area contributed by atoms with Crippen LogP contribution >= 0.6 is 11.3 Å². The van der Waals surface area contributed by atoms with E-state index in [2.05, 4.69) is 13.0 Å². The van der Waals surface area contributed by atoms with Gasteiger partial charge in [-0.25, -0.2) is 0 Å². The summed E-state index contributed by atoms with van der Waals surface area (Å²) in [5.74, 6) is 0.132. The molecule has 98 valence electrons. The summed E-state index contributed by atoms with van der Waals surface area (Å²) in [5.41, 5.74) is 7.78. The summed E-state index contributed by atoms with van der Waals surface area (Å²) < 4.78 is 1.11. The normalized spacial score (nSPS) is 15.6. The van der Waals surface area contributed by atoms with Gasteiger partial charge in [-0.15, -0.1) is 11.3 Å². The second-order valence-electron chi connectivity index (χ2n) is 4.97. The minimum absolute atomic E-state index is 0.132. The van der Waals surface area contributed by atoms with E-state index < -0.39 is 0 Å². The Labute approximate surface area is 116 Å². The number of hydrogen-bond acceptors (Lipinski definition) is 3. The highest BCUT2D eigenvalue weighted by Crippen LogP contribution is 2.28. The number of nitrogens with zero attached hydrogens (tertiary/aromatic N) is 1. The van der Waals surface area contributed by atoms with Crippen LogP contribution in [0.2, 0.25) is 0 Å². The third-order valence-corrected chi connectivity index (χ3v) is 4.47. The Bertz CT molecular complexity index is 672. The molecule has 1 aliphatic rings. The Hall–Kier alpha value is -1.81. The van der Waals surface area contributed by atoms with Gasteiger partial charge in [0.05, 0.1) is 4.88 Å². The Kier molecular flexibility index (Phi) is 3.03. The van der Waals surface area contributed by atoms with Crippen LogP contribution < -0.4 is 5.73 Å². The van der Waals surface area contributed by atoms with Crippen molar-refractivity contribution in [3.8, 4) is 0 Å². The Morgan fingerprint density at radius 1 is 1.37 bits per heavy atom. The summed E-state index contributed by atoms with van der Waals surface area (Å²) in [7, 11) is 0. The first-order chi connectivity index (χ1) is 9.13. The Morgan fingerprint density at radius 2 is 2.21 bits per heavy atom. The number of hydrogen-bond donors (Lipinski definition) is 1. The fourth-order valence-corrected chi connectivity index (χ4v) is 3.42. The van der Waals surface area contributed by atoms with Gasteiger partial charge in [-0.1, -0.05) is 11.6 Å². The summed E-state index contributed by atoms with van der Waals surface area (Å²) in [5, 5.41) is 1.05. The molecule has 0 spiro atoms. The summed E-state index contributed by atoms with van der Waals surface area (Å²) in [6.07, 6.45) is 3.16. The van der Waals surface area contributed by atoms with E-state index in [1.807, 2.05) is 29.2 Å². The molecule has 0 saturated carbocycles. The van der Waals surface area contributed by atoms with Crippen molar-refractivity contribution in [3.05, 3.63) is 40.8 Å². The van der Waals surface area contributed by atoms with E-state index in [1.54, 1.807) is 11.3 Å². The van der Waals surface area contributed by atoms with Gasteiger partial charge >= 0.3 is 0 Å². The maximum atomic E-state index is 12.5. The predicted molar refractivity (Wildman–Crippen MR) is 80.5 cm³/mol. The zero-order valence-electron chi connectivity index (χ0n) is 10.8. The number of nitrogen functional groups attached to an aromatic ring is 1. The van der Waals surface area contributed by atoms with Crippen LogP contribution in [0, 0.1) is 0 Å². The Morgan fingerprint density at radius 3 is 3.00 bits per heavy atom. The number of carbonyl (C=O) groups excluding carboxylic acids is 1. The molecule has 2 N–H and O–H groups in total. The molecule has 0 atom stereocenters. The Balaban J connectivity index is 1.91. The van der Waals surface area contributed by atoms with Crippen molar-refractivity contribution in [3.63, 3.8) is 0 Å². The lowest BCUT2D eigenvalue weighted by Crippen LogP contribution is -2.34. The third kappa shape index (κ3) is 2.36. The van der Waals surface area contributed by atoms with Crippen molar-refractivity contribution in [2.75, 3.05) is 18.8 Å². The molecule has 1 amide bonds. The van der Waals surface area contributed by atoms with Crippen molar-refractivity contribution in [1.82, 2.24) is 4.90 Å². The van der Waals surface area contributed by atoms with Gasteiger partial charge in [0, 0.05) is 23.5 Å². The molecule has 1 aromatic heterocycles. The van der Waals surface area contributed by atoms with Crippen molar-refractivity contribution in [2.24, 2.45) is 0 Å². The highest BCUT2D eigenvalue weighted by Gasteiger charge is 2.20. The second-order valence-corrected chi connectivity index (χ2v) is 6.06. The van der Waals surface area contributed by atoms with E-state index in [0.717, 1.165) is 40.2 Å². The van der Waals surface area contributed by atoms with Crippen LogP contribution in [-0.4, -0.2) is 23.9 Å². The number of anilines is 1. The summed E-state index contributed by atoms with van der Waals surface area (Å²) in [4.78, 5) is 15.2. The standard InChI is InChI=1S/C15H16N2OS/c1-10-3-2-6-17(9-10)15(18)14-8-11-7-12(16)4-5-13(11)19-14/h3-5,7-8H,2,6,9,16H2,1H3. The van der Waals surface area contributed by atoms with Crippen LogP contribution in [0.1, 0.15) is 23.0 Å². The fraction of sp³-hybridized carbons (Fsp3) is 0.267. The zero-order chi connectivity index (χ0) is 13.4. The SMILES string of the molecule is CC1=CCCN(C(=O)c2cc3cc(N)ccc3s2)C1. The average Bonchev–Trinajstić information content (AvgIpc) is 2.80. The van der Waals surface area contributed by atoms with Crippen LogP contribution in [0.25, 0.3) is 10.1 Å². The van der Waals surface area contributed by atoms with E-state index in [0.29, 0.717) is 0 Å². The van der Waals surface area contributed by atoms with E-state index in [1.165, 1.54) is 5.57 Å². The van der Waals surface area contributed by atoms with Crippen molar-refractivity contribution < 1.29 is 4.79 Å². The van der Waals surface area contributed by atoms with Gasteiger partial charge in [-0.2, -0.15) is 0 Å². The topological polar surface area (TPSA) is 46.3 Å². The maximum absolute atomic E-state index is 12.5. The molecule has 0 saturated heterocycles. The fourth-order valence-electron chi connectivity index (χ4n) is 2.41. The van der Waals surface area contributed by atoms with Crippen LogP contribution in [0.3, 0.4) is 0 Å². The average molecular weight is 272 g/mol. The molecule has 0 radical (unpaired) electrons. The first-order valence-electron chi connectivity index (χ1n) is 6.37. The highest BCUT2D eigenvalue weighted by atomic mass is 32.1. The van der Waals surface area contributed by atoms with Gasteiger partial charge < -0.3 is 10.6 Å². The lowest BCUT2D eigenvalue weighted by molar-refractivity contribution is 0.0771. The van der Waals surface area contributed by atoms with Crippen LogP contribution in [-0.2, 0) is 0 Å². The smallest absolute Gasteiger partial charge is 0.264 e. The number of benzene rings is 1. The number of thiophene rings is 1. The van der Waals surface area contributed by atoms with Crippen molar-refractivity contribution in [2.45, 2.75) is 13.3 Å². The minimum atomic E-state index is 0.132. The number of carbonyl (C=O) groups is 1. The minimum Gasteiger partial charge on any atom is -0.399 e. The van der Waals surface area contributed by atoms with E-state index in [-0.39, 0.29) is 5.91 Å². The number of amides is 1. The zero-order valence-corrected chi connectivity index (χ0v) is 11.7. The molecule has 0 fully saturated rings. The summed E-state index contributed by atoms with van der Waals surface area (Å²) in [6, 6.07) is 7.73. The van der Waals surface area contributed by atoms with E-state index >= 15 is 0 Å². The van der Waals surface area contributed by atoms with Gasteiger partial charge in [-0.05, 0) is 43.0 Å². The van der Waals surface area contributed by atoms with Gasteiger partial charge in [0.15, 0.2) is 0 Å². The van der Waals surface area contributed by atoms with Crippen LogP contribution in [0.15, 0.2) is 35.9 Å². The molecular weight excluding hydrogens is 256 g/mol. The summed E-state index contributed by atoms with van der Waals surface area (Å²) in [6.45, 7) is 3.63. The molecule has 19 heavy (non-hydrogen) atoms. The largest absolute Gasteiger partial charge is 0.399 e. The van der Waals surface area contributed by atoms with Crippen LogP contribution in [0.5, 0.6) is 0 Å². The monoisotopic (exact) mass is 272 g/mol. The van der Waals surface area contributed by atoms with Crippen LogP contribution in [0.4, 0.5) is 5.69 Å². The van der Waals surface area contributed by atoms with Crippen molar-refractivity contribution >= 4 is 33.0 Å².